The maximum atomic E-state index is 12.3. The van der Waals surface area contributed by atoms with Gasteiger partial charge in [0.1, 0.15) is 0 Å². The molecule has 6 heteroatoms. The van der Waals surface area contributed by atoms with E-state index >= 15 is 0 Å². The molecule has 1 amide bonds. The summed E-state index contributed by atoms with van der Waals surface area (Å²) in [7, 11) is 0. The highest BCUT2D eigenvalue weighted by Gasteiger charge is 2.16. The first-order chi connectivity index (χ1) is 12.1. The van der Waals surface area contributed by atoms with E-state index in [0.717, 1.165) is 55.5 Å². The van der Waals surface area contributed by atoms with Crippen LogP contribution in [0.1, 0.15) is 17.0 Å². The molecule has 6 nitrogen and oxygen atoms in total. The normalized spacial score (nSPS) is 15.3. The minimum absolute atomic E-state index is 0.0482. The quantitative estimate of drug-likeness (QED) is 0.864. The molecule has 1 fully saturated rings. The molecule has 3 rings (SSSR count). The number of ether oxygens (including phenoxy) is 1. The summed E-state index contributed by atoms with van der Waals surface area (Å²) in [6.45, 7) is 8.97. The minimum Gasteiger partial charge on any atom is -0.379 e. The van der Waals surface area contributed by atoms with E-state index < -0.39 is 0 Å². The number of para-hydroxylation sites is 1. The molecule has 1 aliphatic rings. The van der Waals surface area contributed by atoms with Crippen LogP contribution in [0.15, 0.2) is 30.3 Å². The third-order valence-electron chi connectivity index (χ3n) is 4.63. The van der Waals surface area contributed by atoms with Crippen LogP contribution in [0.2, 0.25) is 0 Å². The number of morpholine rings is 1. The second kappa shape index (κ2) is 8.27. The first-order valence-electron chi connectivity index (χ1n) is 8.82. The zero-order valence-corrected chi connectivity index (χ0v) is 15.0. The molecule has 1 N–H and O–H groups in total. The highest BCUT2D eigenvalue weighted by atomic mass is 16.5. The van der Waals surface area contributed by atoms with Crippen LogP contribution >= 0.6 is 0 Å². The Hall–Kier alpha value is -2.18. The Morgan fingerprint density at radius 2 is 1.92 bits per heavy atom. The van der Waals surface area contributed by atoms with Gasteiger partial charge in [-0.25, -0.2) is 4.68 Å². The number of nitrogens with one attached hydrogen (secondary N) is 1. The number of aromatic nitrogens is 2. The lowest BCUT2D eigenvalue weighted by molar-refractivity contribution is -0.120. The number of nitrogens with zero attached hydrogens (tertiary/aromatic N) is 3. The zero-order valence-electron chi connectivity index (χ0n) is 15.0. The summed E-state index contributed by atoms with van der Waals surface area (Å²) in [5.74, 6) is 0.0482. The van der Waals surface area contributed by atoms with Gasteiger partial charge in [-0.3, -0.25) is 9.69 Å². The SMILES string of the molecule is Cc1nn(-c2ccccc2)c(C)c1CC(=O)NCCN1CCOCC1. The molecule has 1 aromatic carbocycles. The van der Waals surface area contributed by atoms with Gasteiger partial charge in [0, 0.05) is 37.4 Å². The van der Waals surface area contributed by atoms with Crippen LogP contribution in [-0.2, 0) is 16.0 Å². The van der Waals surface area contributed by atoms with Crippen LogP contribution in [0.25, 0.3) is 5.69 Å². The van der Waals surface area contributed by atoms with Gasteiger partial charge in [-0.2, -0.15) is 5.10 Å². The molecular weight excluding hydrogens is 316 g/mol. The summed E-state index contributed by atoms with van der Waals surface area (Å²) in [5.41, 5.74) is 3.95. The standard InChI is InChI=1S/C19H26N4O2/c1-15-18(16(2)23(21-15)17-6-4-3-5-7-17)14-19(24)20-8-9-22-10-12-25-13-11-22/h3-7H,8-14H2,1-2H3,(H,20,24). The maximum absolute atomic E-state index is 12.3. The summed E-state index contributed by atoms with van der Waals surface area (Å²) in [6.07, 6.45) is 0.369. The number of rotatable bonds is 6. The molecule has 0 radical (unpaired) electrons. The number of hydrogen-bond acceptors (Lipinski definition) is 4. The van der Waals surface area contributed by atoms with Crippen molar-refractivity contribution < 1.29 is 9.53 Å². The molecule has 1 aromatic heterocycles. The predicted molar refractivity (Wildman–Crippen MR) is 97.0 cm³/mol. The highest BCUT2D eigenvalue weighted by Crippen LogP contribution is 2.18. The van der Waals surface area contributed by atoms with Gasteiger partial charge in [0.05, 0.1) is 31.0 Å². The average Bonchev–Trinajstić information content (AvgIpc) is 2.91. The first kappa shape index (κ1) is 17.6. The fourth-order valence-electron chi connectivity index (χ4n) is 3.15. The molecule has 0 aliphatic carbocycles. The number of hydrogen-bond donors (Lipinski definition) is 1. The largest absolute Gasteiger partial charge is 0.379 e. The summed E-state index contributed by atoms with van der Waals surface area (Å²) in [5, 5.41) is 7.63. The van der Waals surface area contributed by atoms with Crippen LogP contribution < -0.4 is 5.32 Å². The monoisotopic (exact) mass is 342 g/mol. The van der Waals surface area contributed by atoms with Gasteiger partial charge >= 0.3 is 0 Å². The highest BCUT2D eigenvalue weighted by molar-refractivity contribution is 5.79. The van der Waals surface area contributed by atoms with Gasteiger partial charge < -0.3 is 10.1 Å². The Morgan fingerprint density at radius 1 is 1.20 bits per heavy atom. The van der Waals surface area contributed by atoms with Crippen LogP contribution in [0.5, 0.6) is 0 Å². The van der Waals surface area contributed by atoms with Crippen LogP contribution in [0, 0.1) is 13.8 Å². The molecule has 25 heavy (non-hydrogen) atoms. The van der Waals surface area contributed by atoms with Gasteiger partial charge in [-0.05, 0) is 26.0 Å². The lowest BCUT2D eigenvalue weighted by atomic mass is 10.1. The van der Waals surface area contributed by atoms with Crippen molar-refractivity contribution in [3.63, 3.8) is 0 Å². The molecule has 0 spiro atoms. The maximum Gasteiger partial charge on any atom is 0.224 e. The Bertz CT molecular complexity index is 706. The molecule has 0 bridgehead atoms. The van der Waals surface area contributed by atoms with E-state index in [1.165, 1.54) is 0 Å². The molecule has 2 aromatic rings. The van der Waals surface area contributed by atoms with Gasteiger partial charge in [0.25, 0.3) is 0 Å². The van der Waals surface area contributed by atoms with Crippen LogP contribution in [0.3, 0.4) is 0 Å². The molecule has 2 heterocycles. The average molecular weight is 342 g/mol. The molecular formula is C19H26N4O2. The number of benzene rings is 1. The van der Waals surface area contributed by atoms with Crippen molar-refractivity contribution in [2.24, 2.45) is 0 Å². The van der Waals surface area contributed by atoms with E-state index in [0.29, 0.717) is 13.0 Å². The number of aryl methyl sites for hydroxylation is 1. The van der Waals surface area contributed by atoms with E-state index in [1.807, 2.05) is 48.9 Å². The topological polar surface area (TPSA) is 59.4 Å². The summed E-state index contributed by atoms with van der Waals surface area (Å²) < 4.78 is 7.24. The number of carbonyl (C=O) groups excluding carboxylic acids is 1. The number of amides is 1. The van der Waals surface area contributed by atoms with E-state index in [-0.39, 0.29) is 5.91 Å². The number of carbonyl (C=O) groups is 1. The van der Waals surface area contributed by atoms with Gasteiger partial charge in [-0.1, -0.05) is 18.2 Å². The minimum atomic E-state index is 0.0482. The third kappa shape index (κ3) is 4.46. The van der Waals surface area contributed by atoms with E-state index in [4.69, 9.17) is 4.74 Å². The van der Waals surface area contributed by atoms with Crippen molar-refractivity contribution in [1.29, 1.82) is 0 Å². The van der Waals surface area contributed by atoms with E-state index in [2.05, 4.69) is 15.3 Å². The second-order valence-electron chi connectivity index (χ2n) is 6.38. The smallest absolute Gasteiger partial charge is 0.224 e. The van der Waals surface area contributed by atoms with Gasteiger partial charge in [0.15, 0.2) is 0 Å². The summed E-state index contributed by atoms with van der Waals surface area (Å²) in [4.78, 5) is 14.6. The van der Waals surface area contributed by atoms with Crippen LogP contribution in [-0.4, -0.2) is 60.0 Å². The fourth-order valence-corrected chi connectivity index (χ4v) is 3.15. The Kier molecular flexibility index (Phi) is 5.83. The lowest BCUT2D eigenvalue weighted by Crippen LogP contribution is -2.41. The van der Waals surface area contributed by atoms with Crippen molar-refractivity contribution >= 4 is 5.91 Å². The van der Waals surface area contributed by atoms with Gasteiger partial charge in [0.2, 0.25) is 5.91 Å². The molecule has 1 saturated heterocycles. The van der Waals surface area contributed by atoms with Crippen molar-refractivity contribution in [3.8, 4) is 5.69 Å². The Morgan fingerprint density at radius 3 is 2.64 bits per heavy atom. The third-order valence-corrected chi connectivity index (χ3v) is 4.63. The summed E-state index contributed by atoms with van der Waals surface area (Å²) in [6, 6.07) is 10.0. The van der Waals surface area contributed by atoms with Crippen molar-refractivity contribution in [1.82, 2.24) is 20.0 Å². The molecule has 0 atom stereocenters. The zero-order chi connectivity index (χ0) is 17.6. The van der Waals surface area contributed by atoms with Crippen LogP contribution in [0.4, 0.5) is 0 Å². The van der Waals surface area contributed by atoms with Crippen molar-refractivity contribution in [3.05, 3.63) is 47.3 Å². The molecule has 0 unspecified atom stereocenters. The Labute approximate surface area is 148 Å². The van der Waals surface area contributed by atoms with Crippen molar-refractivity contribution in [2.75, 3.05) is 39.4 Å². The molecule has 134 valence electrons. The summed E-state index contributed by atoms with van der Waals surface area (Å²) >= 11 is 0. The van der Waals surface area contributed by atoms with E-state index in [9.17, 15) is 4.79 Å². The lowest BCUT2D eigenvalue weighted by Gasteiger charge is -2.26. The molecule has 0 saturated carbocycles. The fraction of sp³-hybridized carbons (Fsp3) is 0.474. The molecule has 1 aliphatic heterocycles. The van der Waals surface area contributed by atoms with Gasteiger partial charge in [-0.15, -0.1) is 0 Å². The first-order valence-corrected chi connectivity index (χ1v) is 8.82. The van der Waals surface area contributed by atoms with E-state index in [1.54, 1.807) is 0 Å². The van der Waals surface area contributed by atoms with Crippen molar-refractivity contribution in [2.45, 2.75) is 20.3 Å². The predicted octanol–water partition coefficient (Wildman–Crippen LogP) is 1.48. The second-order valence-corrected chi connectivity index (χ2v) is 6.38. The Balaban J connectivity index is 1.57.